The molecule has 1 amide bonds. The number of carbonyl (C=O) groups is 1. The predicted molar refractivity (Wildman–Crippen MR) is 99.2 cm³/mol. The van der Waals surface area contributed by atoms with Crippen LogP contribution in [-0.4, -0.2) is 41.6 Å². The first-order chi connectivity index (χ1) is 12.1. The summed E-state index contributed by atoms with van der Waals surface area (Å²) in [6.45, 7) is 5.16. The molecule has 0 atom stereocenters. The highest BCUT2D eigenvalue weighted by Crippen LogP contribution is 2.30. The molecule has 1 aliphatic rings. The molecule has 0 bridgehead atoms. The minimum atomic E-state index is -1.68. The van der Waals surface area contributed by atoms with E-state index in [4.69, 9.17) is 0 Å². The Morgan fingerprint density at radius 3 is 1.96 bits per heavy atom. The first-order valence-electron chi connectivity index (χ1n) is 9.01. The molecule has 3 rings (SSSR count). The SMILES string of the molecule is CCN1CCC(NC(=O)C(O)(c2ccccc2)c2ccccc2)CC1. The number of hydrogen-bond acceptors (Lipinski definition) is 3. The Labute approximate surface area is 149 Å². The summed E-state index contributed by atoms with van der Waals surface area (Å²) in [4.78, 5) is 15.5. The van der Waals surface area contributed by atoms with Gasteiger partial charge in [0, 0.05) is 19.1 Å². The molecule has 132 valence electrons. The van der Waals surface area contributed by atoms with Crippen molar-refractivity contribution >= 4 is 5.91 Å². The van der Waals surface area contributed by atoms with Crippen LogP contribution < -0.4 is 5.32 Å². The van der Waals surface area contributed by atoms with E-state index >= 15 is 0 Å². The zero-order valence-corrected chi connectivity index (χ0v) is 14.7. The lowest BCUT2D eigenvalue weighted by atomic mass is 9.85. The Hall–Kier alpha value is -2.17. The molecule has 1 saturated heterocycles. The van der Waals surface area contributed by atoms with Crippen molar-refractivity contribution < 1.29 is 9.90 Å². The van der Waals surface area contributed by atoms with Crippen LogP contribution in [-0.2, 0) is 10.4 Å². The van der Waals surface area contributed by atoms with Crippen LogP contribution in [0.1, 0.15) is 30.9 Å². The molecule has 2 aromatic carbocycles. The van der Waals surface area contributed by atoms with Gasteiger partial charge in [0.1, 0.15) is 0 Å². The number of rotatable bonds is 5. The van der Waals surface area contributed by atoms with Gasteiger partial charge in [-0.1, -0.05) is 67.6 Å². The molecule has 2 N–H and O–H groups in total. The normalized spacial score (nSPS) is 16.6. The Morgan fingerprint density at radius 1 is 1.04 bits per heavy atom. The molecule has 1 aliphatic heterocycles. The first-order valence-corrected chi connectivity index (χ1v) is 9.01. The quantitative estimate of drug-likeness (QED) is 0.881. The molecule has 0 unspecified atom stereocenters. The largest absolute Gasteiger partial charge is 0.372 e. The summed E-state index contributed by atoms with van der Waals surface area (Å²) >= 11 is 0. The third-order valence-corrected chi connectivity index (χ3v) is 5.08. The van der Waals surface area contributed by atoms with Gasteiger partial charge in [0.25, 0.3) is 5.91 Å². The molecular formula is C21H26N2O2. The van der Waals surface area contributed by atoms with E-state index in [9.17, 15) is 9.90 Å². The van der Waals surface area contributed by atoms with Gasteiger partial charge in [-0.05, 0) is 30.5 Å². The molecule has 2 aromatic rings. The van der Waals surface area contributed by atoms with Gasteiger partial charge in [-0.25, -0.2) is 0 Å². The Bertz CT molecular complexity index is 640. The topological polar surface area (TPSA) is 52.6 Å². The lowest BCUT2D eigenvalue weighted by Crippen LogP contribution is -2.52. The molecule has 0 saturated carbocycles. The smallest absolute Gasteiger partial charge is 0.261 e. The number of nitrogens with zero attached hydrogens (tertiary/aromatic N) is 1. The van der Waals surface area contributed by atoms with Crippen LogP contribution in [0.25, 0.3) is 0 Å². The lowest BCUT2D eigenvalue weighted by molar-refractivity contribution is -0.137. The Kier molecular flexibility index (Phi) is 5.51. The number of nitrogens with one attached hydrogen (secondary N) is 1. The van der Waals surface area contributed by atoms with Gasteiger partial charge in [0.15, 0.2) is 5.60 Å². The van der Waals surface area contributed by atoms with Crippen molar-refractivity contribution in [1.82, 2.24) is 10.2 Å². The average Bonchev–Trinajstić information content (AvgIpc) is 2.69. The number of carbonyl (C=O) groups excluding carboxylic acids is 1. The number of aliphatic hydroxyl groups is 1. The summed E-state index contributed by atoms with van der Waals surface area (Å²) in [5.74, 6) is -0.347. The average molecular weight is 338 g/mol. The van der Waals surface area contributed by atoms with Crippen molar-refractivity contribution in [3.63, 3.8) is 0 Å². The molecule has 1 fully saturated rings. The molecular weight excluding hydrogens is 312 g/mol. The van der Waals surface area contributed by atoms with Gasteiger partial charge in [-0.3, -0.25) is 4.79 Å². The van der Waals surface area contributed by atoms with E-state index in [1.807, 2.05) is 36.4 Å². The van der Waals surface area contributed by atoms with Crippen LogP contribution in [0.4, 0.5) is 0 Å². The van der Waals surface area contributed by atoms with E-state index in [0.29, 0.717) is 11.1 Å². The first kappa shape index (κ1) is 17.6. The summed E-state index contributed by atoms with van der Waals surface area (Å²) in [5.41, 5.74) is -0.501. The van der Waals surface area contributed by atoms with E-state index in [1.54, 1.807) is 24.3 Å². The number of hydrogen-bond donors (Lipinski definition) is 2. The highest BCUT2D eigenvalue weighted by atomic mass is 16.3. The summed E-state index contributed by atoms with van der Waals surface area (Å²) in [7, 11) is 0. The minimum absolute atomic E-state index is 0.106. The maximum absolute atomic E-state index is 13.1. The standard InChI is InChI=1S/C21H26N2O2/c1-2-23-15-13-19(14-16-23)22-20(24)21(25,17-9-5-3-6-10-17)18-11-7-4-8-12-18/h3-12,19,25H,2,13-16H2,1H3,(H,22,24). The van der Waals surface area contributed by atoms with Gasteiger partial charge in [-0.15, -0.1) is 0 Å². The zero-order valence-electron chi connectivity index (χ0n) is 14.7. The summed E-state index contributed by atoms with van der Waals surface area (Å²) in [5, 5.41) is 14.5. The summed E-state index contributed by atoms with van der Waals surface area (Å²) < 4.78 is 0. The fourth-order valence-corrected chi connectivity index (χ4v) is 3.47. The fraction of sp³-hybridized carbons (Fsp3) is 0.381. The van der Waals surface area contributed by atoms with E-state index in [0.717, 1.165) is 32.5 Å². The minimum Gasteiger partial charge on any atom is -0.372 e. The summed E-state index contributed by atoms with van der Waals surface area (Å²) in [6, 6.07) is 18.4. The number of piperidine rings is 1. The van der Waals surface area contributed by atoms with Gasteiger partial charge < -0.3 is 15.3 Å². The van der Waals surface area contributed by atoms with Crippen LogP contribution in [0.15, 0.2) is 60.7 Å². The number of amides is 1. The van der Waals surface area contributed by atoms with Gasteiger partial charge >= 0.3 is 0 Å². The third kappa shape index (κ3) is 3.75. The van der Waals surface area contributed by atoms with E-state index in [2.05, 4.69) is 17.1 Å². The molecule has 0 radical (unpaired) electrons. The lowest BCUT2D eigenvalue weighted by Gasteiger charge is -2.34. The second kappa shape index (κ2) is 7.81. The highest BCUT2D eigenvalue weighted by Gasteiger charge is 2.40. The van der Waals surface area contributed by atoms with Crippen LogP contribution >= 0.6 is 0 Å². The summed E-state index contributed by atoms with van der Waals surface area (Å²) in [6.07, 6.45) is 1.83. The van der Waals surface area contributed by atoms with Gasteiger partial charge in [-0.2, -0.15) is 0 Å². The Balaban J connectivity index is 1.84. The Morgan fingerprint density at radius 2 is 1.52 bits per heavy atom. The van der Waals surface area contributed by atoms with Crippen LogP contribution in [0, 0.1) is 0 Å². The maximum Gasteiger partial charge on any atom is 0.261 e. The van der Waals surface area contributed by atoms with Crippen molar-refractivity contribution in [3.8, 4) is 0 Å². The molecule has 0 aromatic heterocycles. The van der Waals surface area contributed by atoms with E-state index in [1.165, 1.54) is 0 Å². The molecule has 25 heavy (non-hydrogen) atoms. The van der Waals surface area contributed by atoms with Crippen molar-refractivity contribution in [2.45, 2.75) is 31.4 Å². The maximum atomic E-state index is 13.1. The van der Waals surface area contributed by atoms with E-state index < -0.39 is 5.60 Å². The third-order valence-electron chi connectivity index (χ3n) is 5.08. The molecule has 4 heteroatoms. The molecule has 1 heterocycles. The van der Waals surface area contributed by atoms with Crippen LogP contribution in [0.2, 0.25) is 0 Å². The van der Waals surface area contributed by atoms with Gasteiger partial charge in [0.05, 0.1) is 0 Å². The van der Waals surface area contributed by atoms with Crippen molar-refractivity contribution in [2.75, 3.05) is 19.6 Å². The highest BCUT2D eigenvalue weighted by molar-refractivity contribution is 5.90. The molecule has 0 aliphatic carbocycles. The predicted octanol–water partition coefficient (Wildman–Crippen LogP) is 2.52. The molecule has 0 spiro atoms. The monoisotopic (exact) mass is 338 g/mol. The van der Waals surface area contributed by atoms with Crippen molar-refractivity contribution in [3.05, 3.63) is 71.8 Å². The second-order valence-electron chi connectivity index (χ2n) is 6.62. The van der Waals surface area contributed by atoms with Crippen molar-refractivity contribution in [1.29, 1.82) is 0 Å². The zero-order chi connectivity index (χ0) is 17.7. The second-order valence-corrected chi connectivity index (χ2v) is 6.62. The van der Waals surface area contributed by atoms with Gasteiger partial charge in [0.2, 0.25) is 0 Å². The van der Waals surface area contributed by atoms with Crippen molar-refractivity contribution in [2.24, 2.45) is 0 Å². The van der Waals surface area contributed by atoms with Crippen LogP contribution in [0.3, 0.4) is 0 Å². The number of benzene rings is 2. The molecule has 4 nitrogen and oxygen atoms in total. The fourth-order valence-electron chi connectivity index (χ4n) is 3.47. The van der Waals surface area contributed by atoms with E-state index in [-0.39, 0.29) is 11.9 Å². The number of likely N-dealkylation sites (tertiary alicyclic amines) is 1. The van der Waals surface area contributed by atoms with Crippen LogP contribution in [0.5, 0.6) is 0 Å².